The molecule has 0 radical (unpaired) electrons. The minimum Gasteiger partial charge on any atom is -0.166 e. The molecule has 1 unspecified atom stereocenters. The van der Waals surface area contributed by atoms with Gasteiger partial charge in [0.25, 0.3) is 0 Å². The second kappa shape index (κ2) is 4.89. The summed E-state index contributed by atoms with van der Waals surface area (Å²) in [5.41, 5.74) is -0.551. The largest absolute Gasteiger partial charge is 0.416 e. The Labute approximate surface area is 105 Å². The summed E-state index contributed by atoms with van der Waals surface area (Å²) in [4.78, 5) is 0. The lowest BCUT2D eigenvalue weighted by Crippen LogP contribution is -2.24. The Hall–Kier alpha value is -0.700. The van der Waals surface area contributed by atoms with Crippen LogP contribution in [-0.4, -0.2) is 5.38 Å². The standard InChI is InChI=1S/C13H16ClF3/c1-12(2,3)11(14)8-9-6-4-5-7-10(9)13(15,16)17/h4-7,11H,8H2,1-3H3. The highest BCUT2D eigenvalue weighted by molar-refractivity contribution is 6.21. The van der Waals surface area contributed by atoms with Gasteiger partial charge in [-0.05, 0) is 23.5 Å². The molecule has 0 saturated heterocycles. The van der Waals surface area contributed by atoms with E-state index in [4.69, 9.17) is 11.6 Å². The van der Waals surface area contributed by atoms with Crippen LogP contribution in [0.5, 0.6) is 0 Å². The third kappa shape index (κ3) is 3.91. The zero-order valence-corrected chi connectivity index (χ0v) is 10.9. The molecule has 1 rings (SSSR count). The van der Waals surface area contributed by atoms with Crippen molar-refractivity contribution in [1.29, 1.82) is 0 Å². The van der Waals surface area contributed by atoms with Gasteiger partial charge in [-0.3, -0.25) is 0 Å². The molecule has 1 aromatic carbocycles. The van der Waals surface area contributed by atoms with E-state index in [0.29, 0.717) is 0 Å². The molecular formula is C13H16ClF3. The van der Waals surface area contributed by atoms with Crippen LogP contribution in [0.25, 0.3) is 0 Å². The summed E-state index contributed by atoms with van der Waals surface area (Å²) in [7, 11) is 0. The van der Waals surface area contributed by atoms with Crippen LogP contribution in [-0.2, 0) is 12.6 Å². The summed E-state index contributed by atoms with van der Waals surface area (Å²) in [6, 6.07) is 5.59. The highest BCUT2D eigenvalue weighted by Crippen LogP contribution is 2.35. The first-order valence-electron chi connectivity index (χ1n) is 5.41. The summed E-state index contributed by atoms with van der Waals surface area (Å²) in [6.45, 7) is 5.75. The molecule has 1 atom stereocenters. The molecule has 0 spiro atoms. The Balaban J connectivity index is 3.00. The van der Waals surface area contributed by atoms with Crippen molar-refractivity contribution in [2.24, 2.45) is 5.41 Å². The average Bonchev–Trinajstić information content (AvgIpc) is 2.15. The van der Waals surface area contributed by atoms with Gasteiger partial charge in [0, 0.05) is 5.38 Å². The molecule has 0 fully saturated rings. The van der Waals surface area contributed by atoms with Crippen molar-refractivity contribution in [3.8, 4) is 0 Å². The van der Waals surface area contributed by atoms with E-state index in [2.05, 4.69) is 0 Å². The van der Waals surface area contributed by atoms with Gasteiger partial charge in [-0.2, -0.15) is 13.2 Å². The Bertz CT molecular complexity index is 377. The molecule has 4 heteroatoms. The minimum atomic E-state index is -4.31. The second-order valence-corrected chi connectivity index (χ2v) is 5.72. The van der Waals surface area contributed by atoms with Gasteiger partial charge in [0.2, 0.25) is 0 Å². The van der Waals surface area contributed by atoms with E-state index in [-0.39, 0.29) is 22.8 Å². The Morgan fingerprint density at radius 1 is 1.12 bits per heavy atom. The highest BCUT2D eigenvalue weighted by atomic mass is 35.5. The van der Waals surface area contributed by atoms with Crippen molar-refractivity contribution in [3.63, 3.8) is 0 Å². The monoisotopic (exact) mass is 264 g/mol. The normalized spacial score (nSPS) is 14.8. The van der Waals surface area contributed by atoms with E-state index in [1.54, 1.807) is 6.07 Å². The fraction of sp³-hybridized carbons (Fsp3) is 0.538. The van der Waals surface area contributed by atoms with Crippen LogP contribution in [0.2, 0.25) is 0 Å². The smallest absolute Gasteiger partial charge is 0.166 e. The fourth-order valence-corrected chi connectivity index (χ4v) is 1.64. The van der Waals surface area contributed by atoms with Crippen LogP contribution in [0.1, 0.15) is 31.9 Å². The van der Waals surface area contributed by atoms with Crippen molar-refractivity contribution in [2.45, 2.75) is 38.7 Å². The minimum absolute atomic E-state index is 0.222. The summed E-state index contributed by atoms with van der Waals surface area (Å²) in [5, 5.41) is -0.328. The molecule has 1 aromatic rings. The van der Waals surface area contributed by atoms with Crippen molar-refractivity contribution in [1.82, 2.24) is 0 Å². The van der Waals surface area contributed by atoms with E-state index in [1.165, 1.54) is 12.1 Å². The van der Waals surface area contributed by atoms with Gasteiger partial charge in [-0.25, -0.2) is 0 Å². The summed E-state index contributed by atoms with van der Waals surface area (Å²) < 4.78 is 38.3. The van der Waals surface area contributed by atoms with Gasteiger partial charge >= 0.3 is 6.18 Å². The Morgan fingerprint density at radius 3 is 2.12 bits per heavy atom. The van der Waals surface area contributed by atoms with Crippen molar-refractivity contribution >= 4 is 11.6 Å². The van der Waals surface area contributed by atoms with Gasteiger partial charge in [0.15, 0.2) is 0 Å². The van der Waals surface area contributed by atoms with Crippen molar-refractivity contribution in [2.75, 3.05) is 0 Å². The molecule has 0 heterocycles. The molecule has 0 aliphatic carbocycles. The van der Waals surface area contributed by atoms with Crippen LogP contribution in [0.15, 0.2) is 24.3 Å². The SMILES string of the molecule is CC(C)(C)C(Cl)Cc1ccccc1C(F)(F)F. The van der Waals surface area contributed by atoms with Gasteiger partial charge in [-0.1, -0.05) is 39.0 Å². The Morgan fingerprint density at radius 2 is 1.65 bits per heavy atom. The van der Waals surface area contributed by atoms with E-state index >= 15 is 0 Å². The van der Waals surface area contributed by atoms with Gasteiger partial charge in [0.05, 0.1) is 5.56 Å². The first-order chi connectivity index (χ1) is 7.62. The lowest BCUT2D eigenvalue weighted by molar-refractivity contribution is -0.138. The number of rotatable bonds is 2. The number of alkyl halides is 4. The molecule has 0 amide bonds. The van der Waals surface area contributed by atoms with Gasteiger partial charge in [0.1, 0.15) is 0 Å². The molecule has 0 aliphatic rings. The second-order valence-electron chi connectivity index (χ2n) is 5.19. The van der Waals surface area contributed by atoms with Crippen molar-refractivity contribution < 1.29 is 13.2 Å². The fourth-order valence-electron chi connectivity index (χ4n) is 1.47. The number of halogens is 4. The molecule has 0 N–H and O–H groups in total. The first kappa shape index (κ1) is 14.4. The van der Waals surface area contributed by atoms with Gasteiger partial charge in [-0.15, -0.1) is 11.6 Å². The number of hydrogen-bond acceptors (Lipinski definition) is 0. The average molecular weight is 265 g/mol. The predicted octanol–water partition coefficient (Wildman–Crippen LogP) is 4.90. The molecule has 0 nitrogen and oxygen atoms in total. The van der Waals surface area contributed by atoms with Crippen LogP contribution < -0.4 is 0 Å². The van der Waals surface area contributed by atoms with Crippen LogP contribution in [0.4, 0.5) is 13.2 Å². The summed E-state index contributed by atoms with van der Waals surface area (Å²) in [6.07, 6.45) is -4.09. The quantitative estimate of drug-likeness (QED) is 0.667. The molecule has 0 bridgehead atoms. The van der Waals surface area contributed by atoms with Crippen LogP contribution >= 0.6 is 11.6 Å². The zero-order chi connectivity index (χ0) is 13.3. The highest BCUT2D eigenvalue weighted by Gasteiger charge is 2.34. The van der Waals surface area contributed by atoms with E-state index < -0.39 is 11.7 Å². The van der Waals surface area contributed by atoms with Crippen LogP contribution in [0.3, 0.4) is 0 Å². The molecular weight excluding hydrogens is 249 g/mol. The van der Waals surface area contributed by atoms with Crippen molar-refractivity contribution in [3.05, 3.63) is 35.4 Å². The van der Waals surface area contributed by atoms with E-state index in [9.17, 15) is 13.2 Å². The molecule has 96 valence electrons. The number of benzene rings is 1. The molecule has 17 heavy (non-hydrogen) atoms. The molecule has 0 aliphatic heterocycles. The zero-order valence-electron chi connectivity index (χ0n) is 10.1. The first-order valence-corrected chi connectivity index (χ1v) is 5.85. The molecule has 0 saturated carbocycles. The van der Waals surface area contributed by atoms with Crippen LogP contribution in [0, 0.1) is 5.41 Å². The summed E-state index contributed by atoms with van der Waals surface area (Å²) >= 11 is 6.15. The topological polar surface area (TPSA) is 0 Å². The predicted molar refractivity (Wildman–Crippen MR) is 64.2 cm³/mol. The lowest BCUT2D eigenvalue weighted by Gasteiger charge is -2.26. The number of hydrogen-bond donors (Lipinski definition) is 0. The maximum absolute atomic E-state index is 12.8. The summed E-state index contributed by atoms with van der Waals surface area (Å²) in [5.74, 6) is 0. The maximum Gasteiger partial charge on any atom is 0.416 e. The van der Waals surface area contributed by atoms with E-state index in [0.717, 1.165) is 6.07 Å². The molecule has 0 aromatic heterocycles. The third-order valence-corrected chi connectivity index (χ3v) is 3.47. The maximum atomic E-state index is 12.8. The van der Waals surface area contributed by atoms with E-state index in [1.807, 2.05) is 20.8 Å². The van der Waals surface area contributed by atoms with Gasteiger partial charge < -0.3 is 0 Å². The lowest BCUT2D eigenvalue weighted by atomic mass is 9.87. The third-order valence-electron chi connectivity index (χ3n) is 2.66. The Kier molecular flexibility index (Phi) is 4.13.